The Balaban J connectivity index is 1.23. The van der Waals surface area contributed by atoms with Crippen molar-refractivity contribution in [1.29, 1.82) is 0 Å². The van der Waals surface area contributed by atoms with Crippen molar-refractivity contribution in [2.75, 3.05) is 7.11 Å². The molecule has 0 N–H and O–H groups in total. The largest absolute Gasteiger partial charge is 0.494 e. The van der Waals surface area contributed by atoms with Crippen molar-refractivity contribution in [2.45, 2.75) is 64.2 Å². The lowest BCUT2D eigenvalue weighted by Gasteiger charge is -2.37. The van der Waals surface area contributed by atoms with Gasteiger partial charge in [-0.25, -0.2) is 8.78 Å². The number of hydrogen-bond acceptors (Lipinski definition) is 1. The Labute approximate surface area is 224 Å². The summed E-state index contributed by atoms with van der Waals surface area (Å²) in [5.74, 6) is 0.547. The Morgan fingerprint density at radius 2 is 1.26 bits per heavy atom. The van der Waals surface area contributed by atoms with Gasteiger partial charge in [0.25, 0.3) is 0 Å². The van der Waals surface area contributed by atoms with Gasteiger partial charge in [0.2, 0.25) is 5.82 Å². The van der Waals surface area contributed by atoms with Gasteiger partial charge >= 0.3 is 0 Å². The molecule has 0 bridgehead atoms. The lowest BCUT2D eigenvalue weighted by atomic mass is 9.68. The Bertz CT molecular complexity index is 1260. The van der Waals surface area contributed by atoms with Crippen LogP contribution in [0.2, 0.25) is 0 Å². The Hall–Kier alpha value is -3.01. The molecule has 4 heteroatoms. The van der Waals surface area contributed by atoms with Crippen molar-refractivity contribution in [3.05, 3.63) is 89.8 Å². The normalized spacial score (nSPS) is 24.0. The van der Waals surface area contributed by atoms with E-state index < -0.39 is 11.6 Å². The van der Waals surface area contributed by atoms with Crippen molar-refractivity contribution in [2.24, 2.45) is 17.8 Å². The van der Waals surface area contributed by atoms with Crippen LogP contribution in [0.1, 0.15) is 69.8 Å². The van der Waals surface area contributed by atoms with E-state index in [2.05, 4.69) is 25.1 Å². The summed E-state index contributed by atoms with van der Waals surface area (Å²) in [5, 5.41) is 0. The predicted octanol–water partition coefficient (Wildman–Crippen LogP) is 10.1. The van der Waals surface area contributed by atoms with Gasteiger partial charge in [-0.3, -0.25) is 0 Å². The minimum Gasteiger partial charge on any atom is -0.494 e. The standard InChI is InChI=1S/C34H37F3O/c1-3-4-22-5-7-23(8-6-22)24-9-11-25(12-10-24)28-17-18-29(31(35)21-28)26-13-15-27(16-14-26)30-19-20-32(38-2)34(37)33(30)36/h3-4,13-25H,5-12H2,1-2H3/b4-3+. The molecule has 1 nitrogen and oxygen atoms in total. The third-order valence-electron chi connectivity index (χ3n) is 8.96. The summed E-state index contributed by atoms with van der Waals surface area (Å²) in [6.07, 6.45) is 14.7. The first-order chi connectivity index (χ1) is 18.5. The molecule has 0 spiro atoms. The van der Waals surface area contributed by atoms with Gasteiger partial charge in [-0.05, 0) is 117 Å². The van der Waals surface area contributed by atoms with Gasteiger partial charge in [-0.15, -0.1) is 0 Å². The Morgan fingerprint density at radius 1 is 0.684 bits per heavy atom. The molecular weight excluding hydrogens is 481 g/mol. The Kier molecular flexibility index (Phi) is 8.26. The third kappa shape index (κ3) is 5.55. The van der Waals surface area contributed by atoms with Gasteiger partial charge in [-0.2, -0.15) is 4.39 Å². The van der Waals surface area contributed by atoms with Crippen LogP contribution < -0.4 is 4.74 Å². The van der Waals surface area contributed by atoms with Crippen LogP contribution >= 0.6 is 0 Å². The fourth-order valence-electron chi connectivity index (χ4n) is 6.77. The molecule has 0 amide bonds. The van der Waals surface area contributed by atoms with Crippen molar-refractivity contribution < 1.29 is 17.9 Å². The summed E-state index contributed by atoms with van der Waals surface area (Å²) in [6.45, 7) is 2.12. The highest BCUT2D eigenvalue weighted by atomic mass is 19.2. The maximum atomic E-state index is 15.3. The van der Waals surface area contributed by atoms with E-state index in [-0.39, 0.29) is 17.1 Å². The van der Waals surface area contributed by atoms with Crippen molar-refractivity contribution >= 4 is 0 Å². The molecule has 3 aromatic rings. The topological polar surface area (TPSA) is 9.23 Å². The maximum absolute atomic E-state index is 15.3. The smallest absolute Gasteiger partial charge is 0.201 e. The summed E-state index contributed by atoms with van der Waals surface area (Å²) < 4.78 is 48.7. The number of allylic oxidation sites excluding steroid dienone is 2. The number of hydrogen-bond donors (Lipinski definition) is 0. The first-order valence-electron chi connectivity index (χ1n) is 14.0. The molecular formula is C34H37F3O. The first kappa shape index (κ1) is 26.6. The quantitative estimate of drug-likeness (QED) is 0.295. The highest BCUT2D eigenvalue weighted by molar-refractivity contribution is 5.71. The summed E-state index contributed by atoms with van der Waals surface area (Å²) in [5.41, 5.74) is 3.00. The lowest BCUT2D eigenvalue weighted by Crippen LogP contribution is -2.25. The molecule has 5 rings (SSSR count). The number of methoxy groups -OCH3 is 1. The molecule has 0 aromatic heterocycles. The number of benzene rings is 3. The van der Waals surface area contributed by atoms with Gasteiger partial charge in [0.1, 0.15) is 5.82 Å². The van der Waals surface area contributed by atoms with E-state index in [9.17, 15) is 8.78 Å². The van der Waals surface area contributed by atoms with Crippen molar-refractivity contribution in [3.8, 4) is 28.0 Å². The molecule has 200 valence electrons. The summed E-state index contributed by atoms with van der Waals surface area (Å²) in [7, 11) is 1.30. The highest BCUT2D eigenvalue weighted by Crippen LogP contribution is 2.44. The zero-order chi connectivity index (χ0) is 26.6. The maximum Gasteiger partial charge on any atom is 0.201 e. The van der Waals surface area contributed by atoms with Gasteiger partial charge in [0.15, 0.2) is 11.6 Å². The number of halogens is 3. The molecule has 0 unspecified atom stereocenters. The zero-order valence-corrected chi connectivity index (χ0v) is 22.4. The van der Waals surface area contributed by atoms with E-state index >= 15 is 4.39 Å². The van der Waals surface area contributed by atoms with Crippen LogP contribution in [0.4, 0.5) is 13.2 Å². The fourth-order valence-corrected chi connectivity index (χ4v) is 6.77. The summed E-state index contributed by atoms with van der Waals surface area (Å²) in [4.78, 5) is 0. The monoisotopic (exact) mass is 518 g/mol. The van der Waals surface area contributed by atoms with Gasteiger partial charge in [0.05, 0.1) is 7.11 Å². The molecule has 3 aromatic carbocycles. The van der Waals surface area contributed by atoms with Crippen LogP contribution in [0.15, 0.2) is 66.7 Å². The first-order valence-corrected chi connectivity index (χ1v) is 14.0. The average molecular weight is 519 g/mol. The van der Waals surface area contributed by atoms with E-state index in [1.807, 2.05) is 6.07 Å². The van der Waals surface area contributed by atoms with Crippen LogP contribution in [0.25, 0.3) is 22.3 Å². The molecule has 0 atom stereocenters. The van der Waals surface area contributed by atoms with Gasteiger partial charge in [0, 0.05) is 11.1 Å². The second-order valence-electron chi connectivity index (χ2n) is 11.1. The molecule has 38 heavy (non-hydrogen) atoms. The summed E-state index contributed by atoms with van der Waals surface area (Å²) >= 11 is 0. The second kappa shape index (κ2) is 11.8. The van der Waals surface area contributed by atoms with E-state index in [0.29, 0.717) is 22.6 Å². The second-order valence-corrected chi connectivity index (χ2v) is 11.1. The molecule has 2 saturated carbocycles. The van der Waals surface area contributed by atoms with Crippen LogP contribution in [0, 0.1) is 35.2 Å². The Morgan fingerprint density at radius 3 is 1.84 bits per heavy atom. The SMILES string of the molecule is C/C=C/C1CCC(C2CCC(c3ccc(-c4ccc(-c5ccc(OC)c(F)c5F)cc4)c(F)c3)CC2)CC1. The minimum absolute atomic E-state index is 0.134. The predicted molar refractivity (Wildman–Crippen MR) is 149 cm³/mol. The van der Waals surface area contributed by atoms with Gasteiger partial charge < -0.3 is 4.74 Å². The summed E-state index contributed by atoms with van der Waals surface area (Å²) in [6, 6.07) is 15.4. The molecule has 2 aliphatic rings. The fraction of sp³-hybridized carbons (Fsp3) is 0.412. The van der Waals surface area contributed by atoms with E-state index in [4.69, 9.17) is 4.74 Å². The average Bonchev–Trinajstić information content (AvgIpc) is 2.95. The highest BCUT2D eigenvalue weighted by Gasteiger charge is 2.31. The van der Waals surface area contributed by atoms with Gasteiger partial charge in [-0.1, -0.05) is 48.6 Å². The molecule has 2 fully saturated rings. The number of rotatable bonds is 6. The van der Waals surface area contributed by atoms with Crippen LogP contribution in [-0.2, 0) is 0 Å². The van der Waals surface area contributed by atoms with Crippen molar-refractivity contribution in [1.82, 2.24) is 0 Å². The lowest BCUT2D eigenvalue weighted by molar-refractivity contribution is 0.171. The van der Waals surface area contributed by atoms with E-state index in [0.717, 1.165) is 36.2 Å². The number of ether oxygens (including phenoxy) is 1. The van der Waals surface area contributed by atoms with Crippen LogP contribution in [-0.4, -0.2) is 7.11 Å². The minimum atomic E-state index is -1.01. The van der Waals surface area contributed by atoms with E-state index in [1.54, 1.807) is 30.3 Å². The molecule has 2 aliphatic carbocycles. The zero-order valence-electron chi connectivity index (χ0n) is 22.4. The van der Waals surface area contributed by atoms with Crippen molar-refractivity contribution in [3.63, 3.8) is 0 Å². The molecule has 0 saturated heterocycles. The van der Waals surface area contributed by atoms with Crippen LogP contribution in [0.5, 0.6) is 5.75 Å². The molecule has 0 aliphatic heterocycles. The molecule has 0 heterocycles. The molecule has 0 radical (unpaired) electrons. The third-order valence-corrected chi connectivity index (χ3v) is 8.96. The van der Waals surface area contributed by atoms with Crippen LogP contribution in [0.3, 0.4) is 0 Å². The van der Waals surface area contributed by atoms with E-state index in [1.165, 1.54) is 57.8 Å².